The average molecular weight is 440 g/mol. The molecule has 0 saturated heterocycles. The first-order valence-electron chi connectivity index (χ1n) is 11.6. The number of methoxy groups -OCH3 is 2. The highest BCUT2D eigenvalue weighted by Gasteiger charge is 2.43. The van der Waals surface area contributed by atoms with Gasteiger partial charge in [0.2, 0.25) is 0 Å². The predicted molar refractivity (Wildman–Crippen MR) is 122 cm³/mol. The number of hydrogen-bond donors (Lipinski definition) is 0. The van der Waals surface area contributed by atoms with Gasteiger partial charge in [0.1, 0.15) is 0 Å². The van der Waals surface area contributed by atoms with Crippen molar-refractivity contribution in [1.82, 2.24) is 4.90 Å². The quantitative estimate of drug-likeness (QED) is 0.621. The van der Waals surface area contributed by atoms with Crippen LogP contribution in [0.1, 0.15) is 63.9 Å². The second-order valence-electron chi connectivity index (χ2n) is 8.93. The molecule has 1 heterocycles. The monoisotopic (exact) mass is 439 g/mol. The zero-order valence-electron chi connectivity index (χ0n) is 19.5. The lowest BCUT2D eigenvalue weighted by atomic mass is 9.71. The molecule has 0 fully saturated rings. The van der Waals surface area contributed by atoms with E-state index >= 15 is 0 Å². The minimum Gasteiger partial charge on any atom is -0.493 e. The van der Waals surface area contributed by atoms with Crippen molar-refractivity contribution in [3.63, 3.8) is 0 Å². The van der Waals surface area contributed by atoms with Crippen molar-refractivity contribution < 1.29 is 23.8 Å². The van der Waals surface area contributed by atoms with E-state index in [1.54, 1.807) is 14.2 Å². The Balaban J connectivity index is 1.88. The van der Waals surface area contributed by atoms with E-state index in [1.165, 1.54) is 0 Å². The van der Waals surface area contributed by atoms with Crippen LogP contribution in [0.25, 0.3) is 0 Å². The highest BCUT2D eigenvalue weighted by molar-refractivity contribution is 6.06. The van der Waals surface area contributed by atoms with Crippen molar-refractivity contribution in [1.29, 1.82) is 0 Å². The summed E-state index contributed by atoms with van der Waals surface area (Å²) in [7, 11) is 3.30. The summed E-state index contributed by atoms with van der Waals surface area (Å²) in [4.78, 5) is 28.8. The second-order valence-corrected chi connectivity index (χ2v) is 8.93. The Morgan fingerprint density at radius 3 is 2.09 bits per heavy atom. The molecular weight excluding hydrogens is 406 g/mol. The Morgan fingerprint density at radius 2 is 1.56 bits per heavy atom. The number of ketones is 2. The molecule has 3 aliphatic rings. The molecule has 1 aromatic carbocycles. The Kier molecular flexibility index (Phi) is 6.70. The maximum absolute atomic E-state index is 13.3. The zero-order chi connectivity index (χ0) is 22.8. The summed E-state index contributed by atoms with van der Waals surface area (Å²) < 4.78 is 16.9. The van der Waals surface area contributed by atoms with Gasteiger partial charge in [0, 0.05) is 55.0 Å². The topological polar surface area (TPSA) is 65.1 Å². The lowest BCUT2D eigenvalue weighted by molar-refractivity contribution is -0.117. The van der Waals surface area contributed by atoms with Crippen LogP contribution in [0.4, 0.5) is 0 Å². The number of ether oxygens (including phenoxy) is 3. The van der Waals surface area contributed by atoms with Gasteiger partial charge in [0.05, 0.1) is 19.8 Å². The number of carbonyl (C=O) groups excluding carboxylic acids is 2. The molecule has 0 spiro atoms. The summed E-state index contributed by atoms with van der Waals surface area (Å²) in [5, 5.41) is 0. The molecule has 6 heteroatoms. The van der Waals surface area contributed by atoms with Gasteiger partial charge in [-0.05, 0) is 57.2 Å². The SMILES string of the molecule is COCCN1C2=C(C(=O)CCC2)C(c2ccc(OC(C)C)c(OC)c2)C2=C1CCCC2=O. The van der Waals surface area contributed by atoms with Crippen molar-refractivity contribution in [2.24, 2.45) is 0 Å². The highest BCUT2D eigenvalue weighted by atomic mass is 16.5. The van der Waals surface area contributed by atoms with Crippen LogP contribution in [0.15, 0.2) is 40.7 Å². The molecule has 0 unspecified atom stereocenters. The summed E-state index contributed by atoms with van der Waals surface area (Å²) in [5.74, 6) is 1.22. The van der Waals surface area contributed by atoms with E-state index in [1.807, 2.05) is 32.0 Å². The van der Waals surface area contributed by atoms with Crippen LogP contribution in [0, 0.1) is 0 Å². The van der Waals surface area contributed by atoms with E-state index < -0.39 is 0 Å². The van der Waals surface area contributed by atoms with Crippen molar-refractivity contribution in [3.05, 3.63) is 46.3 Å². The molecule has 0 bridgehead atoms. The number of carbonyl (C=O) groups is 2. The molecule has 172 valence electrons. The fourth-order valence-corrected chi connectivity index (χ4v) is 5.22. The molecule has 2 aliphatic carbocycles. The van der Waals surface area contributed by atoms with Gasteiger partial charge in [0.25, 0.3) is 0 Å². The first kappa shape index (κ1) is 22.6. The molecule has 6 nitrogen and oxygen atoms in total. The number of hydrogen-bond acceptors (Lipinski definition) is 6. The molecule has 0 saturated carbocycles. The van der Waals surface area contributed by atoms with Crippen LogP contribution in [-0.4, -0.2) is 49.9 Å². The van der Waals surface area contributed by atoms with Crippen LogP contribution >= 0.6 is 0 Å². The van der Waals surface area contributed by atoms with Gasteiger partial charge in [-0.15, -0.1) is 0 Å². The fourth-order valence-electron chi connectivity index (χ4n) is 5.22. The zero-order valence-corrected chi connectivity index (χ0v) is 19.5. The molecule has 1 aromatic rings. The highest BCUT2D eigenvalue weighted by Crippen LogP contribution is 2.50. The number of Topliss-reactive ketones (excluding diaryl/α,β-unsaturated/α-hetero) is 2. The van der Waals surface area contributed by atoms with Crippen molar-refractivity contribution in [2.45, 2.75) is 64.4 Å². The third kappa shape index (κ3) is 4.08. The minimum atomic E-state index is -0.346. The summed E-state index contributed by atoms with van der Waals surface area (Å²) in [5.41, 5.74) is 4.60. The Bertz CT molecular complexity index is 930. The molecule has 4 rings (SSSR count). The summed E-state index contributed by atoms with van der Waals surface area (Å²) in [6, 6.07) is 5.81. The molecular formula is C26H33NO5. The van der Waals surface area contributed by atoms with Crippen LogP contribution in [-0.2, 0) is 14.3 Å². The maximum Gasteiger partial charge on any atom is 0.161 e. The van der Waals surface area contributed by atoms with Gasteiger partial charge in [-0.3, -0.25) is 9.59 Å². The summed E-state index contributed by atoms with van der Waals surface area (Å²) in [6.07, 6.45) is 4.44. The first-order valence-corrected chi connectivity index (χ1v) is 11.6. The molecule has 1 aliphatic heterocycles. The molecule has 0 aromatic heterocycles. The van der Waals surface area contributed by atoms with E-state index in [0.29, 0.717) is 37.5 Å². The van der Waals surface area contributed by atoms with E-state index in [0.717, 1.165) is 53.8 Å². The minimum absolute atomic E-state index is 0.0160. The van der Waals surface area contributed by atoms with Crippen molar-refractivity contribution in [3.8, 4) is 11.5 Å². The number of benzene rings is 1. The van der Waals surface area contributed by atoms with E-state index in [9.17, 15) is 9.59 Å². The van der Waals surface area contributed by atoms with E-state index in [-0.39, 0.29) is 23.6 Å². The molecule has 32 heavy (non-hydrogen) atoms. The van der Waals surface area contributed by atoms with Gasteiger partial charge in [0.15, 0.2) is 23.1 Å². The van der Waals surface area contributed by atoms with Crippen molar-refractivity contribution >= 4 is 11.6 Å². The third-order valence-corrected chi connectivity index (χ3v) is 6.49. The van der Waals surface area contributed by atoms with Crippen LogP contribution in [0.5, 0.6) is 11.5 Å². The van der Waals surface area contributed by atoms with Crippen LogP contribution < -0.4 is 9.47 Å². The average Bonchev–Trinajstić information content (AvgIpc) is 2.77. The normalized spacial score (nSPS) is 19.5. The Labute approximate surface area is 190 Å². The van der Waals surface area contributed by atoms with Gasteiger partial charge >= 0.3 is 0 Å². The number of nitrogens with zero attached hydrogens (tertiary/aromatic N) is 1. The fraction of sp³-hybridized carbons (Fsp3) is 0.538. The van der Waals surface area contributed by atoms with Gasteiger partial charge in [-0.2, -0.15) is 0 Å². The molecule has 0 radical (unpaired) electrons. The van der Waals surface area contributed by atoms with Crippen molar-refractivity contribution in [2.75, 3.05) is 27.4 Å². The second kappa shape index (κ2) is 9.49. The predicted octanol–water partition coefficient (Wildman–Crippen LogP) is 4.54. The molecule has 0 N–H and O–H groups in total. The van der Waals surface area contributed by atoms with Crippen LogP contribution in [0.2, 0.25) is 0 Å². The third-order valence-electron chi connectivity index (χ3n) is 6.49. The van der Waals surface area contributed by atoms with E-state index in [4.69, 9.17) is 14.2 Å². The van der Waals surface area contributed by atoms with E-state index in [2.05, 4.69) is 4.90 Å². The van der Waals surface area contributed by atoms with Gasteiger partial charge in [-0.25, -0.2) is 0 Å². The van der Waals surface area contributed by atoms with Crippen LogP contribution in [0.3, 0.4) is 0 Å². The smallest absolute Gasteiger partial charge is 0.161 e. The lowest BCUT2D eigenvalue weighted by Crippen LogP contribution is -2.40. The lowest BCUT2D eigenvalue weighted by Gasteiger charge is -2.44. The van der Waals surface area contributed by atoms with Gasteiger partial charge < -0.3 is 19.1 Å². The summed E-state index contributed by atoms with van der Waals surface area (Å²) >= 11 is 0. The largest absolute Gasteiger partial charge is 0.493 e. The Hall–Kier alpha value is -2.60. The van der Waals surface area contributed by atoms with Gasteiger partial charge in [-0.1, -0.05) is 6.07 Å². The number of allylic oxidation sites excluding steroid dienone is 4. The molecule has 0 atom stereocenters. The standard InChI is InChI=1S/C26H33NO5/c1-16(2)32-22-12-11-17(15-23(22)31-4)24-25-18(7-5-9-20(25)28)27(13-14-30-3)19-8-6-10-21(29)26(19)24/h11-12,15-16,24H,5-10,13-14H2,1-4H3. The summed E-state index contributed by atoms with van der Waals surface area (Å²) in [6.45, 7) is 5.15. The maximum atomic E-state index is 13.3. The first-order chi connectivity index (χ1) is 15.5. The molecule has 0 amide bonds. The number of rotatable bonds is 7. The Morgan fingerprint density at radius 1 is 0.938 bits per heavy atom.